The SMILES string of the molecule is CC(O)c1ccc(Br)cc1OCc1cccc(F)c1. The van der Waals surface area contributed by atoms with Gasteiger partial charge in [-0.25, -0.2) is 4.39 Å². The molecule has 0 radical (unpaired) electrons. The smallest absolute Gasteiger partial charge is 0.126 e. The Morgan fingerprint density at radius 1 is 1.26 bits per heavy atom. The molecule has 0 amide bonds. The molecule has 100 valence electrons. The molecule has 1 unspecified atom stereocenters. The average molecular weight is 325 g/mol. The summed E-state index contributed by atoms with van der Waals surface area (Å²) in [4.78, 5) is 0. The Morgan fingerprint density at radius 2 is 2.05 bits per heavy atom. The molecule has 0 saturated carbocycles. The minimum absolute atomic E-state index is 0.258. The summed E-state index contributed by atoms with van der Waals surface area (Å²) in [6.07, 6.45) is -0.615. The van der Waals surface area contributed by atoms with E-state index in [1.54, 1.807) is 31.2 Å². The predicted molar refractivity (Wildman–Crippen MR) is 75.5 cm³/mol. The summed E-state index contributed by atoms with van der Waals surface area (Å²) in [5.74, 6) is 0.305. The Kier molecular flexibility index (Phi) is 4.56. The van der Waals surface area contributed by atoms with E-state index in [-0.39, 0.29) is 12.4 Å². The second kappa shape index (κ2) is 6.17. The van der Waals surface area contributed by atoms with Gasteiger partial charge in [-0.3, -0.25) is 0 Å². The van der Waals surface area contributed by atoms with Gasteiger partial charge in [-0.1, -0.05) is 34.1 Å². The molecule has 1 N–H and O–H groups in total. The molecule has 4 heteroatoms. The van der Waals surface area contributed by atoms with E-state index >= 15 is 0 Å². The highest BCUT2D eigenvalue weighted by Gasteiger charge is 2.10. The van der Waals surface area contributed by atoms with E-state index in [4.69, 9.17) is 4.74 Å². The van der Waals surface area contributed by atoms with E-state index in [0.29, 0.717) is 11.3 Å². The zero-order chi connectivity index (χ0) is 13.8. The van der Waals surface area contributed by atoms with Crippen LogP contribution in [0.2, 0.25) is 0 Å². The van der Waals surface area contributed by atoms with Crippen LogP contribution in [0.25, 0.3) is 0 Å². The molecule has 2 nitrogen and oxygen atoms in total. The van der Waals surface area contributed by atoms with Crippen molar-refractivity contribution in [3.05, 3.63) is 63.9 Å². The number of halogens is 2. The predicted octanol–water partition coefficient (Wildman–Crippen LogP) is 4.22. The van der Waals surface area contributed by atoms with Gasteiger partial charge >= 0.3 is 0 Å². The van der Waals surface area contributed by atoms with Gasteiger partial charge in [0.2, 0.25) is 0 Å². The number of benzene rings is 2. The van der Waals surface area contributed by atoms with Crippen LogP contribution >= 0.6 is 15.9 Å². The van der Waals surface area contributed by atoms with E-state index in [2.05, 4.69) is 15.9 Å². The maximum Gasteiger partial charge on any atom is 0.126 e. The minimum Gasteiger partial charge on any atom is -0.488 e. The van der Waals surface area contributed by atoms with Gasteiger partial charge < -0.3 is 9.84 Å². The van der Waals surface area contributed by atoms with Gasteiger partial charge in [0, 0.05) is 10.0 Å². The van der Waals surface area contributed by atoms with Gasteiger partial charge in [0.25, 0.3) is 0 Å². The molecule has 0 aliphatic carbocycles. The highest BCUT2D eigenvalue weighted by molar-refractivity contribution is 9.10. The summed E-state index contributed by atoms with van der Waals surface area (Å²) in [7, 11) is 0. The normalized spacial score (nSPS) is 12.2. The van der Waals surface area contributed by atoms with Gasteiger partial charge in [-0.15, -0.1) is 0 Å². The van der Waals surface area contributed by atoms with Crippen LogP contribution in [0.15, 0.2) is 46.9 Å². The van der Waals surface area contributed by atoms with Crippen molar-refractivity contribution >= 4 is 15.9 Å². The molecule has 2 aromatic rings. The number of hydrogen-bond acceptors (Lipinski definition) is 2. The zero-order valence-electron chi connectivity index (χ0n) is 10.4. The molecule has 2 aromatic carbocycles. The highest BCUT2D eigenvalue weighted by atomic mass is 79.9. The number of rotatable bonds is 4. The Hall–Kier alpha value is -1.39. The fourth-order valence-electron chi connectivity index (χ4n) is 1.77. The fourth-order valence-corrected chi connectivity index (χ4v) is 2.11. The number of ether oxygens (including phenoxy) is 1. The van der Waals surface area contributed by atoms with Crippen LogP contribution < -0.4 is 4.74 Å². The first-order valence-corrected chi connectivity index (χ1v) is 6.70. The van der Waals surface area contributed by atoms with E-state index in [0.717, 1.165) is 10.0 Å². The first-order chi connectivity index (χ1) is 9.06. The van der Waals surface area contributed by atoms with Crippen LogP contribution in [0, 0.1) is 5.82 Å². The van der Waals surface area contributed by atoms with Gasteiger partial charge in [0.15, 0.2) is 0 Å². The van der Waals surface area contributed by atoms with Crippen LogP contribution in [0.4, 0.5) is 4.39 Å². The van der Waals surface area contributed by atoms with Crippen molar-refractivity contribution in [1.82, 2.24) is 0 Å². The topological polar surface area (TPSA) is 29.5 Å². The molecule has 2 rings (SSSR count). The second-order valence-electron chi connectivity index (χ2n) is 4.28. The summed E-state index contributed by atoms with van der Waals surface area (Å²) in [6, 6.07) is 11.7. The lowest BCUT2D eigenvalue weighted by atomic mass is 10.1. The summed E-state index contributed by atoms with van der Waals surface area (Å²) in [5, 5.41) is 9.68. The summed E-state index contributed by atoms with van der Waals surface area (Å²) in [5.41, 5.74) is 1.45. The minimum atomic E-state index is -0.615. The second-order valence-corrected chi connectivity index (χ2v) is 5.19. The Bertz CT molecular complexity index is 570. The zero-order valence-corrected chi connectivity index (χ0v) is 12.0. The molecule has 1 atom stereocenters. The lowest BCUT2D eigenvalue weighted by Gasteiger charge is -2.14. The quantitative estimate of drug-likeness (QED) is 0.912. The lowest BCUT2D eigenvalue weighted by molar-refractivity contribution is 0.190. The van der Waals surface area contributed by atoms with Crippen LogP contribution in [0.5, 0.6) is 5.75 Å². The van der Waals surface area contributed by atoms with Gasteiger partial charge in [0.1, 0.15) is 18.2 Å². The van der Waals surface area contributed by atoms with Crippen molar-refractivity contribution in [1.29, 1.82) is 0 Å². The van der Waals surface area contributed by atoms with Crippen molar-refractivity contribution in [3.8, 4) is 5.75 Å². The van der Waals surface area contributed by atoms with Crippen molar-refractivity contribution in [2.75, 3.05) is 0 Å². The van der Waals surface area contributed by atoms with E-state index < -0.39 is 6.10 Å². The molecule has 0 fully saturated rings. The third kappa shape index (κ3) is 3.78. The molecule has 0 bridgehead atoms. The van der Waals surface area contributed by atoms with Crippen LogP contribution in [0.1, 0.15) is 24.2 Å². The lowest BCUT2D eigenvalue weighted by Crippen LogP contribution is -2.01. The molecule has 0 aliphatic rings. The standard InChI is InChI=1S/C15H14BrFO2/c1-10(18)14-6-5-12(16)8-15(14)19-9-11-3-2-4-13(17)7-11/h2-8,10,18H,9H2,1H3. The van der Waals surface area contributed by atoms with Crippen molar-refractivity contribution in [3.63, 3.8) is 0 Å². The van der Waals surface area contributed by atoms with Crippen LogP contribution in [-0.4, -0.2) is 5.11 Å². The number of aliphatic hydroxyl groups is 1. The molecule has 0 heterocycles. The Morgan fingerprint density at radius 3 is 2.74 bits per heavy atom. The molecule has 0 saturated heterocycles. The van der Waals surface area contributed by atoms with Crippen molar-refractivity contribution in [2.24, 2.45) is 0 Å². The Balaban J connectivity index is 2.17. The van der Waals surface area contributed by atoms with E-state index in [1.165, 1.54) is 12.1 Å². The summed E-state index contributed by atoms with van der Waals surface area (Å²) < 4.78 is 19.6. The largest absolute Gasteiger partial charge is 0.488 e. The molecule has 0 aliphatic heterocycles. The summed E-state index contributed by atoms with van der Waals surface area (Å²) in [6.45, 7) is 1.94. The number of aliphatic hydroxyl groups excluding tert-OH is 1. The molecular weight excluding hydrogens is 311 g/mol. The first kappa shape index (κ1) is 14.0. The van der Waals surface area contributed by atoms with Crippen molar-refractivity contribution < 1.29 is 14.2 Å². The fraction of sp³-hybridized carbons (Fsp3) is 0.200. The average Bonchev–Trinajstić information content (AvgIpc) is 2.36. The molecule has 19 heavy (non-hydrogen) atoms. The Labute approximate surface area is 120 Å². The number of hydrogen-bond donors (Lipinski definition) is 1. The summed E-state index contributed by atoms with van der Waals surface area (Å²) >= 11 is 3.36. The monoisotopic (exact) mass is 324 g/mol. The van der Waals surface area contributed by atoms with Gasteiger partial charge in [-0.05, 0) is 36.8 Å². The maximum atomic E-state index is 13.1. The molecule has 0 spiro atoms. The molecular formula is C15H14BrFO2. The highest BCUT2D eigenvalue weighted by Crippen LogP contribution is 2.29. The first-order valence-electron chi connectivity index (χ1n) is 5.91. The third-order valence-electron chi connectivity index (χ3n) is 2.71. The van der Waals surface area contributed by atoms with Crippen molar-refractivity contribution in [2.45, 2.75) is 19.6 Å². The van der Waals surface area contributed by atoms with Crippen LogP contribution in [-0.2, 0) is 6.61 Å². The van der Waals surface area contributed by atoms with Crippen LogP contribution in [0.3, 0.4) is 0 Å². The molecule has 0 aromatic heterocycles. The van der Waals surface area contributed by atoms with Gasteiger partial charge in [-0.2, -0.15) is 0 Å². The van der Waals surface area contributed by atoms with Gasteiger partial charge in [0.05, 0.1) is 6.10 Å². The third-order valence-corrected chi connectivity index (χ3v) is 3.20. The maximum absolute atomic E-state index is 13.1. The van der Waals surface area contributed by atoms with E-state index in [1.807, 2.05) is 6.07 Å². The van der Waals surface area contributed by atoms with E-state index in [9.17, 15) is 9.50 Å².